The molecule has 1 amide bonds. The van der Waals surface area contributed by atoms with Gasteiger partial charge in [-0.15, -0.1) is 0 Å². The number of ether oxygens (including phenoxy) is 3. The van der Waals surface area contributed by atoms with Gasteiger partial charge < -0.3 is 24.8 Å². The van der Waals surface area contributed by atoms with Crippen LogP contribution in [0.15, 0.2) is 59.5 Å². The monoisotopic (exact) mass is 530 g/mol. The van der Waals surface area contributed by atoms with Crippen LogP contribution in [0.4, 0.5) is 5.69 Å². The summed E-state index contributed by atoms with van der Waals surface area (Å²) in [6, 6.07) is 16.7. The molecule has 4 rings (SSSR count). The molecule has 3 aromatic rings. The van der Waals surface area contributed by atoms with Crippen molar-refractivity contribution in [2.75, 3.05) is 19.5 Å². The Balaban J connectivity index is 1.45. The highest BCUT2D eigenvalue weighted by atomic mass is 35.5. The fraction of sp³-hybridized carbons (Fsp3) is 0.192. The standard InChI is InChI=1S/C26H24Cl2N2O4S/c1-15-4-8-21(32-2)20(10-15)29-26-30-25(31)24(35-26)13-16-6-9-22(23(12-16)33-3)34-14-17-5-7-18(27)19(28)11-17/h4-13,26,29H,14H2,1-3H3,(H,30,31)/b24-13-. The highest BCUT2D eigenvalue weighted by Gasteiger charge is 2.28. The third-order valence-electron chi connectivity index (χ3n) is 5.24. The number of aryl methyl sites for hydroxylation is 1. The third-order valence-corrected chi connectivity index (χ3v) is 7.00. The number of methoxy groups -OCH3 is 2. The van der Waals surface area contributed by atoms with Gasteiger partial charge in [0.15, 0.2) is 17.0 Å². The van der Waals surface area contributed by atoms with Crippen LogP contribution in [0.2, 0.25) is 10.0 Å². The summed E-state index contributed by atoms with van der Waals surface area (Å²) in [5, 5.41) is 7.23. The molecule has 1 aliphatic rings. The Morgan fingerprint density at radius 3 is 2.49 bits per heavy atom. The highest BCUT2D eigenvalue weighted by molar-refractivity contribution is 8.05. The van der Waals surface area contributed by atoms with Crippen LogP contribution in [0.25, 0.3) is 6.08 Å². The average molecular weight is 531 g/mol. The quantitative estimate of drug-likeness (QED) is 0.324. The topological polar surface area (TPSA) is 68.8 Å². The van der Waals surface area contributed by atoms with Crippen LogP contribution in [0.5, 0.6) is 17.2 Å². The lowest BCUT2D eigenvalue weighted by Crippen LogP contribution is -2.31. The summed E-state index contributed by atoms with van der Waals surface area (Å²) in [6.45, 7) is 2.31. The Morgan fingerprint density at radius 2 is 1.74 bits per heavy atom. The van der Waals surface area contributed by atoms with Crippen molar-refractivity contribution in [1.82, 2.24) is 5.32 Å². The van der Waals surface area contributed by atoms with Gasteiger partial charge in [-0.05, 0) is 66.1 Å². The summed E-state index contributed by atoms with van der Waals surface area (Å²) in [6.07, 6.45) is 1.82. The number of hydrogen-bond donors (Lipinski definition) is 2. The van der Waals surface area contributed by atoms with Gasteiger partial charge in [-0.3, -0.25) is 4.79 Å². The second kappa shape index (κ2) is 11.2. The van der Waals surface area contributed by atoms with E-state index in [0.717, 1.165) is 22.4 Å². The zero-order chi connectivity index (χ0) is 24.9. The first-order valence-corrected chi connectivity index (χ1v) is 12.3. The van der Waals surface area contributed by atoms with Gasteiger partial charge in [-0.1, -0.05) is 53.2 Å². The molecule has 0 aromatic heterocycles. The molecule has 35 heavy (non-hydrogen) atoms. The van der Waals surface area contributed by atoms with Crippen molar-refractivity contribution in [3.63, 3.8) is 0 Å². The molecule has 0 spiro atoms. The van der Waals surface area contributed by atoms with Crippen molar-refractivity contribution in [3.05, 3.63) is 86.2 Å². The molecule has 2 N–H and O–H groups in total. The first kappa shape index (κ1) is 25.1. The molecule has 9 heteroatoms. The van der Waals surface area contributed by atoms with Gasteiger partial charge in [-0.25, -0.2) is 0 Å². The number of carbonyl (C=O) groups excluding carboxylic acids is 1. The van der Waals surface area contributed by atoms with Crippen LogP contribution in [-0.4, -0.2) is 25.6 Å². The number of hydrogen-bond acceptors (Lipinski definition) is 6. The lowest BCUT2D eigenvalue weighted by atomic mass is 10.2. The van der Waals surface area contributed by atoms with E-state index >= 15 is 0 Å². The third kappa shape index (κ3) is 6.17. The molecule has 1 atom stereocenters. The van der Waals surface area contributed by atoms with Crippen LogP contribution in [0, 0.1) is 6.92 Å². The van der Waals surface area contributed by atoms with E-state index in [4.69, 9.17) is 37.4 Å². The minimum atomic E-state index is -0.319. The van der Waals surface area contributed by atoms with Crippen molar-refractivity contribution < 1.29 is 19.0 Å². The SMILES string of the molecule is COc1ccc(C)cc1NC1NC(=O)/C(=C/c2ccc(OCc3ccc(Cl)c(Cl)c3)c(OC)c2)S1. The Bertz CT molecular complexity index is 1280. The molecule has 182 valence electrons. The van der Waals surface area contributed by atoms with Gasteiger partial charge in [0.05, 0.1) is 34.9 Å². The lowest BCUT2D eigenvalue weighted by Gasteiger charge is -2.16. The van der Waals surface area contributed by atoms with E-state index in [1.54, 1.807) is 26.4 Å². The molecule has 0 aliphatic carbocycles. The van der Waals surface area contributed by atoms with Crippen LogP contribution < -0.4 is 24.8 Å². The van der Waals surface area contributed by atoms with Crippen molar-refractivity contribution >= 4 is 52.6 Å². The van der Waals surface area contributed by atoms with E-state index < -0.39 is 0 Å². The largest absolute Gasteiger partial charge is 0.495 e. The number of amides is 1. The highest BCUT2D eigenvalue weighted by Crippen LogP contribution is 2.35. The van der Waals surface area contributed by atoms with Crippen molar-refractivity contribution in [2.45, 2.75) is 19.0 Å². The number of thioether (sulfide) groups is 1. The minimum Gasteiger partial charge on any atom is -0.495 e. The first-order chi connectivity index (χ1) is 16.9. The molecule has 6 nitrogen and oxygen atoms in total. The molecular formula is C26H24Cl2N2O4S. The summed E-state index contributed by atoms with van der Waals surface area (Å²) < 4.78 is 16.8. The molecule has 1 unspecified atom stereocenters. The van der Waals surface area contributed by atoms with E-state index in [2.05, 4.69) is 10.6 Å². The van der Waals surface area contributed by atoms with Gasteiger partial charge in [0.1, 0.15) is 12.4 Å². The predicted octanol–water partition coefficient (Wildman–Crippen LogP) is 6.50. The van der Waals surface area contributed by atoms with Crippen molar-refractivity contribution in [2.24, 2.45) is 0 Å². The van der Waals surface area contributed by atoms with Crippen LogP contribution in [-0.2, 0) is 11.4 Å². The number of nitrogens with one attached hydrogen (secondary N) is 2. The molecular weight excluding hydrogens is 507 g/mol. The van der Waals surface area contributed by atoms with Crippen LogP contribution >= 0.6 is 35.0 Å². The molecule has 1 fully saturated rings. The number of benzene rings is 3. The minimum absolute atomic E-state index is 0.155. The molecule has 0 saturated carbocycles. The maximum absolute atomic E-state index is 12.6. The second-order valence-corrected chi connectivity index (χ2v) is 9.74. The number of rotatable bonds is 8. The maximum atomic E-state index is 12.6. The number of halogens is 2. The molecule has 0 radical (unpaired) electrons. The summed E-state index contributed by atoms with van der Waals surface area (Å²) in [7, 11) is 3.19. The zero-order valence-electron chi connectivity index (χ0n) is 19.4. The average Bonchev–Trinajstić information content (AvgIpc) is 3.18. The van der Waals surface area contributed by atoms with Gasteiger partial charge >= 0.3 is 0 Å². The molecule has 1 heterocycles. The van der Waals surface area contributed by atoms with E-state index in [-0.39, 0.29) is 11.4 Å². The van der Waals surface area contributed by atoms with Gasteiger partial charge in [0.25, 0.3) is 5.91 Å². The predicted molar refractivity (Wildman–Crippen MR) is 143 cm³/mol. The molecule has 1 aliphatic heterocycles. The number of anilines is 1. The summed E-state index contributed by atoms with van der Waals surface area (Å²) in [4.78, 5) is 13.2. The summed E-state index contributed by atoms with van der Waals surface area (Å²) in [5.41, 5.74) is 3.29. The van der Waals surface area contributed by atoms with Crippen LogP contribution in [0.1, 0.15) is 16.7 Å². The summed E-state index contributed by atoms with van der Waals surface area (Å²) >= 11 is 13.5. The van der Waals surface area contributed by atoms with Gasteiger partial charge in [-0.2, -0.15) is 0 Å². The molecule has 0 bridgehead atoms. The first-order valence-electron chi connectivity index (χ1n) is 10.7. The van der Waals surface area contributed by atoms with Crippen molar-refractivity contribution in [1.29, 1.82) is 0 Å². The van der Waals surface area contributed by atoms with Gasteiger partial charge in [0, 0.05) is 0 Å². The maximum Gasteiger partial charge on any atom is 0.260 e. The fourth-order valence-corrected chi connectivity index (χ4v) is 4.77. The zero-order valence-corrected chi connectivity index (χ0v) is 21.7. The molecule has 3 aromatic carbocycles. The Hall–Kier alpha value is -3.00. The van der Waals surface area contributed by atoms with E-state index in [1.165, 1.54) is 11.8 Å². The molecule has 1 saturated heterocycles. The Kier molecular flexibility index (Phi) is 8.00. The van der Waals surface area contributed by atoms with E-state index in [1.807, 2.05) is 55.5 Å². The van der Waals surface area contributed by atoms with Gasteiger partial charge in [0.2, 0.25) is 0 Å². The Labute approximate surface area is 218 Å². The smallest absolute Gasteiger partial charge is 0.260 e. The van der Waals surface area contributed by atoms with Crippen LogP contribution in [0.3, 0.4) is 0 Å². The van der Waals surface area contributed by atoms with E-state index in [9.17, 15) is 4.79 Å². The fourth-order valence-electron chi connectivity index (χ4n) is 3.48. The summed E-state index contributed by atoms with van der Waals surface area (Å²) in [5.74, 6) is 1.69. The number of carbonyl (C=O) groups is 1. The lowest BCUT2D eigenvalue weighted by molar-refractivity contribution is -0.116. The normalized spacial score (nSPS) is 16.2. The second-order valence-electron chi connectivity index (χ2n) is 7.78. The van der Waals surface area contributed by atoms with E-state index in [0.29, 0.717) is 38.8 Å². The Morgan fingerprint density at radius 1 is 0.971 bits per heavy atom. The van der Waals surface area contributed by atoms with Crippen molar-refractivity contribution in [3.8, 4) is 17.2 Å².